The molecule has 3 rings (SSSR count). The summed E-state index contributed by atoms with van der Waals surface area (Å²) in [5.41, 5.74) is 0.991. The normalized spacial score (nSPS) is 28.0. The molecule has 1 aromatic heterocycles. The van der Waals surface area contributed by atoms with Gasteiger partial charge in [-0.2, -0.15) is 0 Å². The first kappa shape index (κ1) is 17.3. The molecular weight excluding hydrogens is 306 g/mol. The number of methoxy groups -OCH3 is 1. The Morgan fingerprint density at radius 2 is 2.29 bits per heavy atom. The van der Waals surface area contributed by atoms with Gasteiger partial charge in [0.25, 0.3) is 0 Å². The Labute approximate surface area is 143 Å². The molecule has 1 amide bonds. The minimum Gasteiger partial charge on any atom is -0.375 e. The Balaban J connectivity index is 1.67. The Hall–Kier alpha value is -1.50. The van der Waals surface area contributed by atoms with Crippen molar-refractivity contribution in [3.05, 3.63) is 30.1 Å². The molecule has 0 bridgehead atoms. The molecule has 1 saturated heterocycles. The molecule has 1 aliphatic carbocycles. The Morgan fingerprint density at radius 3 is 3.08 bits per heavy atom. The minimum absolute atomic E-state index is 0.0568. The van der Waals surface area contributed by atoms with E-state index in [1.165, 1.54) is 5.56 Å². The molecule has 2 atom stereocenters. The number of pyridine rings is 1. The van der Waals surface area contributed by atoms with Crippen LogP contribution in [-0.4, -0.2) is 60.8 Å². The van der Waals surface area contributed by atoms with Gasteiger partial charge in [-0.15, -0.1) is 0 Å². The summed E-state index contributed by atoms with van der Waals surface area (Å²) in [6.45, 7) is 3.48. The van der Waals surface area contributed by atoms with E-state index in [9.17, 15) is 4.79 Å². The van der Waals surface area contributed by atoms with Crippen LogP contribution in [0.15, 0.2) is 24.5 Å². The van der Waals surface area contributed by atoms with Crippen LogP contribution in [0.4, 0.5) is 0 Å². The molecule has 6 nitrogen and oxygen atoms in total. The highest BCUT2D eigenvalue weighted by atomic mass is 16.5. The zero-order valence-electron chi connectivity index (χ0n) is 14.4. The number of nitrogens with zero attached hydrogens (tertiary/aromatic N) is 2. The van der Waals surface area contributed by atoms with Gasteiger partial charge in [-0.25, -0.2) is 0 Å². The fourth-order valence-electron chi connectivity index (χ4n) is 3.91. The number of hydrogen-bond donors (Lipinski definition) is 1. The number of carbonyl (C=O) groups is 1. The quantitative estimate of drug-likeness (QED) is 0.881. The van der Waals surface area contributed by atoms with E-state index >= 15 is 0 Å². The maximum Gasteiger partial charge on any atom is 0.246 e. The highest BCUT2D eigenvalue weighted by Gasteiger charge is 2.45. The summed E-state index contributed by atoms with van der Waals surface area (Å²) in [7, 11) is 1.55. The predicted octanol–water partition coefficient (Wildman–Crippen LogP) is 1.36. The van der Waals surface area contributed by atoms with Gasteiger partial charge in [-0.05, 0) is 30.5 Å². The summed E-state index contributed by atoms with van der Waals surface area (Å²) < 4.78 is 11.2. The molecule has 2 heterocycles. The van der Waals surface area contributed by atoms with Gasteiger partial charge in [0.1, 0.15) is 12.2 Å². The summed E-state index contributed by atoms with van der Waals surface area (Å²) in [5, 5.41) is 3.14. The van der Waals surface area contributed by atoms with Crippen LogP contribution in [-0.2, 0) is 20.8 Å². The first-order valence-corrected chi connectivity index (χ1v) is 8.75. The molecule has 132 valence electrons. The van der Waals surface area contributed by atoms with Crippen molar-refractivity contribution in [2.45, 2.75) is 43.9 Å². The summed E-state index contributed by atoms with van der Waals surface area (Å²) in [6.07, 6.45) is 7.92. The van der Waals surface area contributed by atoms with Gasteiger partial charge < -0.3 is 14.8 Å². The largest absolute Gasteiger partial charge is 0.375 e. The number of rotatable bonds is 5. The molecule has 2 aliphatic rings. The van der Waals surface area contributed by atoms with E-state index in [4.69, 9.17) is 9.47 Å². The molecule has 2 fully saturated rings. The van der Waals surface area contributed by atoms with Gasteiger partial charge in [-0.3, -0.25) is 14.7 Å². The zero-order valence-corrected chi connectivity index (χ0v) is 14.4. The Bertz CT molecular complexity index is 536. The van der Waals surface area contributed by atoms with Crippen LogP contribution in [0.3, 0.4) is 0 Å². The average Bonchev–Trinajstić information content (AvgIpc) is 2.59. The van der Waals surface area contributed by atoms with E-state index < -0.39 is 0 Å². The highest BCUT2D eigenvalue weighted by Crippen LogP contribution is 2.35. The van der Waals surface area contributed by atoms with Crippen molar-refractivity contribution >= 4 is 5.91 Å². The van der Waals surface area contributed by atoms with Crippen LogP contribution >= 0.6 is 0 Å². The molecule has 1 aliphatic heterocycles. The van der Waals surface area contributed by atoms with Crippen molar-refractivity contribution < 1.29 is 14.3 Å². The van der Waals surface area contributed by atoms with Crippen LogP contribution in [0.25, 0.3) is 0 Å². The van der Waals surface area contributed by atoms with E-state index in [0.717, 1.165) is 45.3 Å². The van der Waals surface area contributed by atoms with E-state index in [0.29, 0.717) is 6.61 Å². The average molecular weight is 333 g/mol. The highest BCUT2D eigenvalue weighted by molar-refractivity contribution is 5.77. The van der Waals surface area contributed by atoms with Gasteiger partial charge in [0, 0.05) is 39.1 Å². The second-order valence-electron chi connectivity index (χ2n) is 6.78. The van der Waals surface area contributed by atoms with E-state index in [-0.39, 0.29) is 24.2 Å². The van der Waals surface area contributed by atoms with Crippen molar-refractivity contribution in [1.29, 1.82) is 0 Å². The lowest BCUT2D eigenvalue weighted by Crippen LogP contribution is -2.64. The van der Waals surface area contributed by atoms with Gasteiger partial charge in [-0.1, -0.05) is 12.8 Å². The fraction of sp³-hybridized carbons (Fsp3) is 0.667. The molecule has 6 heteroatoms. The molecule has 24 heavy (non-hydrogen) atoms. The summed E-state index contributed by atoms with van der Waals surface area (Å²) in [5.74, 6) is -0.0568. The lowest BCUT2D eigenvalue weighted by atomic mass is 9.78. The topological polar surface area (TPSA) is 63.7 Å². The third-order valence-corrected chi connectivity index (χ3v) is 5.03. The standard InChI is InChI=1S/C18H27N3O3/c1-23-13-17(22)20-16-4-2-3-7-18(16)14-21(10-11-24-18)12-15-5-8-19-9-6-15/h5-6,8-9,16H,2-4,7,10-14H2,1H3,(H,20,22)/t16-,18-/m1/s1. The first-order valence-electron chi connectivity index (χ1n) is 8.75. The van der Waals surface area contributed by atoms with Gasteiger partial charge in [0.15, 0.2) is 0 Å². The second kappa shape index (κ2) is 8.05. The first-order chi connectivity index (χ1) is 11.7. The fourth-order valence-corrected chi connectivity index (χ4v) is 3.91. The summed E-state index contributed by atoms with van der Waals surface area (Å²) >= 11 is 0. The molecule has 0 unspecified atom stereocenters. The molecule has 1 saturated carbocycles. The molecule has 1 N–H and O–H groups in total. The lowest BCUT2D eigenvalue weighted by Gasteiger charge is -2.49. The lowest BCUT2D eigenvalue weighted by molar-refractivity contribution is -0.152. The van der Waals surface area contributed by atoms with Gasteiger partial charge in [0.05, 0.1) is 12.6 Å². The van der Waals surface area contributed by atoms with Crippen molar-refractivity contribution in [3.8, 4) is 0 Å². The van der Waals surface area contributed by atoms with Crippen molar-refractivity contribution in [1.82, 2.24) is 15.2 Å². The minimum atomic E-state index is -0.271. The van der Waals surface area contributed by atoms with Crippen molar-refractivity contribution in [2.75, 3.05) is 33.4 Å². The maximum atomic E-state index is 12.0. The van der Waals surface area contributed by atoms with Crippen LogP contribution in [0.2, 0.25) is 0 Å². The third-order valence-electron chi connectivity index (χ3n) is 5.03. The zero-order chi connectivity index (χ0) is 16.8. The van der Waals surface area contributed by atoms with Crippen molar-refractivity contribution in [3.63, 3.8) is 0 Å². The Kier molecular flexibility index (Phi) is 5.81. The van der Waals surface area contributed by atoms with Crippen LogP contribution < -0.4 is 5.32 Å². The smallest absolute Gasteiger partial charge is 0.246 e. The number of hydrogen-bond acceptors (Lipinski definition) is 5. The molecule has 1 spiro atoms. The number of carbonyl (C=O) groups excluding carboxylic acids is 1. The number of morpholine rings is 1. The van der Waals surface area contributed by atoms with Crippen LogP contribution in [0.1, 0.15) is 31.2 Å². The van der Waals surface area contributed by atoms with E-state index in [1.54, 1.807) is 7.11 Å². The number of ether oxygens (including phenoxy) is 2. The van der Waals surface area contributed by atoms with Gasteiger partial charge in [0.2, 0.25) is 5.91 Å². The molecule has 1 aromatic rings. The number of aromatic nitrogens is 1. The number of amides is 1. The SMILES string of the molecule is COCC(=O)N[C@@H]1CCCC[C@@]12CN(Cc1ccncc1)CCO2. The second-order valence-corrected chi connectivity index (χ2v) is 6.78. The van der Waals surface area contributed by atoms with E-state index in [1.807, 2.05) is 12.4 Å². The van der Waals surface area contributed by atoms with E-state index in [2.05, 4.69) is 27.3 Å². The number of nitrogens with one attached hydrogen (secondary N) is 1. The third kappa shape index (κ3) is 4.12. The monoisotopic (exact) mass is 333 g/mol. The molecular formula is C18H27N3O3. The van der Waals surface area contributed by atoms with Crippen molar-refractivity contribution in [2.24, 2.45) is 0 Å². The van der Waals surface area contributed by atoms with Gasteiger partial charge >= 0.3 is 0 Å². The van der Waals surface area contributed by atoms with Crippen LogP contribution in [0, 0.1) is 0 Å². The Morgan fingerprint density at radius 1 is 1.46 bits per heavy atom. The molecule has 0 radical (unpaired) electrons. The predicted molar refractivity (Wildman–Crippen MR) is 90.5 cm³/mol. The summed E-state index contributed by atoms with van der Waals surface area (Å²) in [6, 6.07) is 4.18. The maximum absolute atomic E-state index is 12.0. The van der Waals surface area contributed by atoms with Crippen LogP contribution in [0.5, 0.6) is 0 Å². The summed E-state index contributed by atoms with van der Waals surface area (Å²) in [4.78, 5) is 18.5. The molecule has 0 aromatic carbocycles.